The molecule has 5 rings (SSSR count). The molecule has 2 amide bonds. The van der Waals surface area contributed by atoms with Gasteiger partial charge in [-0.05, 0) is 31.7 Å². The van der Waals surface area contributed by atoms with Crippen LogP contribution in [0, 0.1) is 0 Å². The number of pyridine rings is 1. The van der Waals surface area contributed by atoms with Crippen LogP contribution in [0.3, 0.4) is 0 Å². The zero-order valence-corrected chi connectivity index (χ0v) is 27.0. The van der Waals surface area contributed by atoms with Crippen molar-refractivity contribution in [2.45, 2.75) is 55.0 Å². The first-order valence-corrected chi connectivity index (χ1v) is 16.6. The van der Waals surface area contributed by atoms with Crippen LogP contribution in [0.5, 0.6) is 6.01 Å². The average molecular weight is 727 g/mol. The van der Waals surface area contributed by atoms with Gasteiger partial charge in [0.1, 0.15) is 12.1 Å². The van der Waals surface area contributed by atoms with Gasteiger partial charge >= 0.3 is 24.4 Å². The smallest absolute Gasteiger partial charge is 0.419 e. The molecule has 2 N–H and O–H groups in total. The second-order valence-electron chi connectivity index (χ2n) is 11.1. The Morgan fingerprint density at radius 3 is 2.18 bits per heavy atom. The van der Waals surface area contributed by atoms with Gasteiger partial charge in [0.05, 0.1) is 35.8 Å². The Balaban J connectivity index is 1.34. The molecule has 1 aliphatic rings. The summed E-state index contributed by atoms with van der Waals surface area (Å²) in [4.78, 5) is 42.1. The largest absolute Gasteiger partial charge is 0.467 e. The van der Waals surface area contributed by atoms with Crippen LogP contribution in [0.4, 0.5) is 42.9 Å². The Morgan fingerprint density at radius 1 is 0.900 bits per heavy atom. The Labute approximate surface area is 280 Å². The van der Waals surface area contributed by atoms with E-state index in [1.54, 1.807) is 0 Å². The third-order valence-electron chi connectivity index (χ3n) is 7.55. The number of urea groups is 1. The van der Waals surface area contributed by atoms with Gasteiger partial charge in [-0.25, -0.2) is 38.1 Å². The number of aromatic nitrogens is 7. The molecule has 4 heterocycles. The topological polar surface area (TPSA) is 178 Å². The fourth-order valence-electron chi connectivity index (χ4n) is 5.16. The highest BCUT2D eigenvalue weighted by Crippen LogP contribution is 2.37. The van der Waals surface area contributed by atoms with E-state index in [9.17, 15) is 39.6 Å². The summed E-state index contributed by atoms with van der Waals surface area (Å²) in [6, 6.07) is -0.917. The molecule has 14 nitrogen and oxygen atoms in total. The number of hydrogen-bond donors (Lipinski definition) is 2. The number of nitrogens with zero attached hydrogens (tertiary/aromatic N) is 8. The van der Waals surface area contributed by atoms with Crippen molar-refractivity contribution in [1.82, 2.24) is 40.2 Å². The van der Waals surface area contributed by atoms with Gasteiger partial charge in [0, 0.05) is 60.5 Å². The first-order chi connectivity index (χ1) is 23.5. The zero-order valence-electron chi connectivity index (χ0n) is 26.2. The normalized spacial score (nSPS) is 16.8. The van der Waals surface area contributed by atoms with Crippen molar-refractivity contribution in [3.8, 4) is 28.5 Å². The lowest BCUT2D eigenvalue weighted by atomic mass is 9.90. The molecule has 266 valence electrons. The van der Waals surface area contributed by atoms with Gasteiger partial charge in [0.15, 0.2) is 15.7 Å². The van der Waals surface area contributed by atoms with E-state index in [1.165, 1.54) is 31.9 Å². The third kappa shape index (κ3) is 8.87. The number of rotatable bonds is 9. The number of hydrogen-bond acceptors (Lipinski definition) is 12. The highest BCUT2D eigenvalue weighted by atomic mass is 32.2. The van der Waals surface area contributed by atoms with Crippen LogP contribution in [0.15, 0.2) is 54.3 Å². The average Bonchev–Trinajstić information content (AvgIpc) is 3.07. The first-order valence-electron chi connectivity index (χ1n) is 14.7. The molecule has 0 bridgehead atoms. The number of methoxy groups -OCH3 is 1. The van der Waals surface area contributed by atoms with Crippen LogP contribution in [0.25, 0.3) is 22.5 Å². The van der Waals surface area contributed by atoms with Crippen molar-refractivity contribution in [2.75, 3.05) is 30.1 Å². The zero-order chi connectivity index (χ0) is 36.3. The fraction of sp³-hybridized carbons (Fsp3) is 0.379. The van der Waals surface area contributed by atoms with Crippen molar-refractivity contribution in [2.24, 2.45) is 0 Å². The second-order valence-corrected chi connectivity index (χ2v) is 13.2. The summed E-state index contributed by atoms with van der Waals surface area (Å²) >= 11 is 0. The highest BCUT2D eigenvalue weighted by molar-refractivity contribution is 7.90. The molecule has 1 aliphatic carbocycles. The van der Waals surface area contributed by atoms with Crippen LogP contribution in [-0.4, -0.2) is 87.5 Å². The summed E-state index contributed by atoms with van der Waals surface area (Å²) in [7, 11) is -2.39. The first kappa shape index (κ1) is 36.1. The molecule has 0 atom stereocenters. The minimum absolute atomic E-state index is 0.0140. The van der Waals surface area contributed by atoms with Crippen LogP contribution < -0.4 is 20.3 Å². The number of carbonyl (C=O) groups excluding carboxylic acids is 1. The van der Waals surface area contributed by atoms with Crippen molar-refractivity contribution >= 4 is 27.6 Å². The minimum atomic E-state index is -4.87. The predicted octanol–water partition coefficient (Wildman–Crippen LogP) is 4.72. The van der Waals surface area contributed by atoms with E-state index < -0.39 is 58.1 Å². The van der Waals surface area contributed by atoms with E-state index in [1.807, 2.05) is 5.32 Å². The van der Waals surface area contributed by atoms with Gasteiger partial charge in [-0.2, -0.15) is 26.3 Å². The summed E-state index contributed by atoms with van der Waals surface area (Å²) in [5, 5.41) is 4.85. The van der Waals surface area contributed by atoms with Gasteiger partial charge < -0.3 is 15.4 Å². The summed E-state index contributed by atoms with van der Waals surface area (Å²) in [5.41, 5.74) is -1.18. The molecular formula is C29H28F6N10O4S. The molecule has 0 spiro atoms. The lowest BCUT2D eigenvalue weighted by molar-refractivity contribution is -0.137. The molecule has 0 unspecified atom stereocenters. The highest BCUT2D eigenvalue weighted by Gasteiger charge is 2.37. The van der Waals surface area contributed by atoms with E-state index in [0.717, 1.165) is 29.6 Å². The molecule has 1 fully saturated rings. The van der Waals surface area contributed by atoms with Crippen molar-refractivity contribution in [1.29, 1.82) is 0 Å². The Bertz CT molecular complexity index is 1920. The molecule has 0 aliphatic heterocycles. The molecule has 4 aromatic heterocycles. The molecule has 21 heteroatoms. The number of halogens is 6. The Hall–Kier alpha value is -5.21. The van der Waals surface area contributed by atoms with E-state index in [0.29, 0.717) is 30.3 Å². The number of ether oxygens (including phenoxy) is 1. The molecular weight excluding hydrogens is 698 g/mol. The second kappa shape index (κ2) is 14.3. The summed E-state index contributed by atoms with van der Waals surface area (Å²) in [5.74, 6) is -0.190. The SMILES string of the molecule is COc1ncc(-c2cnc(N(C(=O)NCC(F)(F)F)C3CCC(Nc4ncc(C(F)(F)F)c(-c5cncc(S(C)(=O)=O)c5)n4)CC3)cn2)cn1. The van der Waals surface area contributed by atoms with Crippen LogP contribution >= 0.6 is 0 Å². The van der Waals surface area contributed by atoms with Gasteiger partial charge in [-0.3, -0.25) is 14.9 Å². The number of alkyl halides is 6. The van der Waals surface area contributed by atoms with E-state index >= 15 is 0 Å². The molecule has 0 radical (unpaired) electrons. The van der Waals surface area contributed by atoms with Gasteiger partial charge in [0.2, 0.25) is 5.95 Å². The van der Waals surface area contributed by atoms with Gasteiger partial charge in [-0.15, -0.1) is 0 Å². The maximum Gasteiger partial charge on any atom is 0.419 e. The molecule has 4 aromatic rings. The predicted molar refractivity (Wildman–Crippen MR) is 165 cm³/mol. The Kier molecular flexibility index (Phi) is 10.3. The third-order valence-corrected chi connectivity index (χ3v) is 8.63. The quantitative estimate of drug-likeness (QED) is 0.227. The lowest BCUT2D eigenvalue weighted by Crippen LogP contribution is -2.50. The number of sulfone groups is 1. The number of carbonyl (C=O) groups is 1. The van der Waals surface area contributed by atoms with E-state index in [2.05, 4.69) is 40.2 Å². The maximum atomic E-state index is 13.9. The van der Waals surface area contributed by atoms with Gasteiger partial charge in [0.25, 0.3) is 0 Å². The minimum Gasteiger partial charge on any atom is -0.467 e. The maximum absolute atomic E-state index is 13.9. The number of anilines is 2. The van der Waals surface area contributed by atoms with Crippen molar-refractivity contribution < 1.29 is 44.3 Å². The number of amides is 2. The molecule has 0 saturated heterocycles. The van der Waals surface area contributed by atoms with Crippen LogP contribution in [-0.2, 0) is 16.0 Å². The molecule has 50 heavy (non-hydrogen) atoms. The number of nitrogens with one attached hydrogen (secondary N) is 2. The van der Waals surface area contributed by atoms with Gasteiger partial charge in [-0.1, -0.05) is 0 Å². The Morgan fingerprint density at radius 2 is 1.60 bits per heavy atom. The summed E-state index contributed by atoms with van der Waals surface area (Å²) in [6.07, 6.45) is 0.548. The molecule has 1 saturated carbocycles. The standard InChI is InChI=1S/C29H28F6N10O4S/c1-49-26-40-9-17(10-41-26)22-13-38-23(14-37-22)45(27(46)42-15-28(30,31)32)19-5-3-18(4-6-19)43-25-39-12-21(29(33,34)35)24(44-25)16-7-20(11-36-8-16)50(2,47)48/h7-14,18-19H,3-6,15H2,1-2H3,(H,42,46)(H,39,43,44). The molecule has 0 aromatic carbocycles. The van der Waals surface area contributed by atoms with Crippen LogP contribution in [0.2, 0.25) is 0 Å². The summed E-state index contributed by atoms with van der Waals surface area (Å²) in [6.45, 7) is -1.58. The fourth-order valence-corrected chi connectivity index (χ4v) is 5.75. The lowest BCUT2D eigenvalue weighted by Gasteiger charge is -2.36. The van der Waals surface area contributed by atoms with Crippen molar-refractivity contribution in [3.63, 3.8) is 0 Å². The van der Waals surface area contributed by atoms with Crippen LogP contribution in [0.1, 0.15) is 31.2 Å². The monoisotopic (exact) mass is 726 g/mol. The summed E-state index contributed by atoms with van der Waals surface area (Å²) < 4.78 is 110. The van der Waals surface area contributed by atoms with Crippen molar-refractivity contribution in [3.05, 3.63) is 55.0 Å². The van der Waals surface area contributed by atoms with E-state index in [-0.39, 0.29) is 41.1 Å². The van der Waals surface area contributed by atoms with E-state index in [4.69, 9.17) is 4.74 Å².